The van der Waals surface area contributed by atoms with Gasteiger partial charge in [0.1, 0.15) is 0 Å². The molecule has 0 bridgehead atoms. The zero-order valence-electron chi connectivity index (χ0n) is 11.7. The number of halogens is 1. The third kappa shape index (κ3) is 1.90. The van der Waals surface area contributed by atoms with E-state index in [0.717, 1.165) is 4.47 Å². The zero-order chi connectivity index (χ0) is 14.4. The summed E-state index contributed by atoms with van der Waals surface area (Å²) in [4.78, 5) is 0. The van der Waals surface area contributed by atoms with Crippen molar-refractivity contribution in [1.29, 1.82) is 0 Å². The van der Waals surface area contributed by atoms with Gasteiger partial charge in [-0.1, -0.05) is 64.5 Å². The van der Waals surface area contributed by atoms with Gasteiger partial charge in [-0.2, -0.15) is 0 Å². The van der Waals surface area contributed by atoms with Crippen molar-refractivity contribution < 1.29 is 0 Å². The molecular weight excluding hydrogens is 322 g/mol. The summed E-state index contributed by atoms with van der Waals surface area (Å²) in [6.45, 7) is 0. The predicted molar refractivity (Wildman–Crippen MR) is 93.6 cm³/mol. The summed E-state index contributed by atoms with van der Waals surface area (Å²) in [6, 6.07) is 23.6. The molecule has 1 nitrogen and oxygen atoms in total. The molecule has 21 heavy (non-hydrogen) atoms. The number of aryl methyl sites for hydroxylation is 1. The Bertz CT molecular complexity index is 961. The summed E-state index contributed by atoms with van der Waals surface area (Å²) >= 11 is 3.70. The largest absolute Gasteiger partial charge is 0.344 e. The molecule has 0 N–H and O–H groups in total. The van der Waals surface area contributed by atoms with Crippen LogP contribution in [0.1, 0.15) is 0 Å². The molecule has 0 unspecified atom stereocenters. The Morgan fingerprint density at radius 1 is 0.810 bits per heavy atom. The van der Waals surface area contributed by atoms with E-state index < -0.39 is 0 Å². The first kappa shape index (κ1) is 12.7. The molecule has 0 radical (unpaired) electrons. The van der Waals surface area contributed by atoms with Gasteiger partial charge in [-0.05, 0) is 23.6 Å². The van der Waals surface area contributed by atoms with Crippen molar-refractivity contribution in [2.75, 3.05) is 0 Å². The number of para-hydroxylation sites is 1. The maximum absolute atomic E-state index is 3.70. The van der Waals surface area contributed by atoms with Crippen LogP contribution in [0, 0.1) is 0 Å². The number of nitrogens with zero attached hydrogens (tertiary/aromatic N) is 1. The molecule has 0 aliphatic rings. The minimum absolute atomic E-state index is 1.14. The molecule has 0 fully saturated rings. The van der Waals surface area contributed by atoms with E-state index in [1.54, 1.807) is 0 Å². The summed E-state index contributed by atoms with van der Waals surface area (Å²) in [5.74, 6) is 0. The molecule has 1 heterocycles. The summed E-state index contributed by atoms with van der Waals surface area (Å²) in [5, 5.41) is 3.80. The van der Waals surface area contributed by atoms with Crippen molar-refractivity contribution in [3.05, 3.63) is 71.2 Å². The third-order valence-electron chi connectivity index (χ3n) is 4.08. The fourth-order valence-electron chi connectivity index (χ4n) is 3.06. The monoisotopic (exact) mass is 335 g/mol. The zero-order valence-corrected chi connectivity index (χ0v) is 13.3. The van der Waals surface area contributed by atoms with Crippen LogP contribution in [-0.2, 0) is 7.05 Å². The SMILES string of the molecule is Cn1c(-c2cccc3cccc(Br)c23)cc2ccccc21. The van der Waals surface area contributed by atoms with Crippen molar-refractivity contribution in [3.63, 3.8) is 0 Å². The van der Waals surface area contributed by atoms with Crippen LogP contribution in [0.3, 0.4) is 0 Å². The molecule has 0 saturated carbocycles. The topological polar surface area (TPSA) is 4.93 Å². The first-order chi connectivity index (χ1) is 10.3. The minimum atomic E-state index is 1.14. The van der Waals surface area contributed by atoms with Gasteiger partial charge in [0.15, 0.2) is 0 Å². The normalized spacial score (nSPS) is 11.3. The molecule has 0 atom stereocenters. The molecule has 0 aliphatic carbocycles. The molecule has 4 aromatic rings. The van der Waals surface area contributed by atoms with Gasteiger partial charge in [-0.25, -0.2) is 0 Å². The van der Waals surface area contributed by atoms with E-state index in [4.69, 9.17) is 0 Å². The van der Waals surface area contributed by atoms with E-state index in [1.807, 2.05) is 0 Å². The smallest absolute Gasteiger partial charge is 0.0495 e. The fourth-order valence-corrected chi connectivity index (χ4v) is 3.65. The average molecular weight is 336 g/mol. The van der Waals surface area contributed by atoms with Gasteiger partial charge in [-0.15, -0.1) is 0 Å². The third-order valence-corrected chi connectivity index (χ3v) is 4.74. The van der Waals surface area contributed by atoms with Crippen molar-refractivity contribution in [1.82, 2.24) is 4.57 Å². The van der Waals surface area contributed by atoms with Crippen LogP contribution in [0.5, 0.6) is 0 Å². The summed E-state index contributed by atoms with van der Waals surface area (Å²) in [7, 11) is 2.13. The molecule has 2 heteroatoms. The van der Waals surface area contributed by atoms with Crippen LogP contribution in [0.25, 0.3) is 32.9 Å². The Morgan fingerprint density at radius 3 is 2.33 bits per heavy atom. The highest BCUT2D eigenvalue weighted by Gasteiger charge is 2.11. The number of hydrogen-bond donors (Lipinski definition) is 0. The van der Waals surface area contributed by atoms with Gasteiger partial charge < -0.3 is 4.57 Å². The van der Waals surface area contributed by atoms with Gasteiger partial charge in [0.25, 0.3) is 0 Å². The second kappa shape index (κ2) is 4.74. The van der Waals surface area contributed by atoms with Crippen LogP contribution in [0.2, 0.25) is 0 Å². The van der Waals surface area contributed by atoms with Crippen LogP contribution in [0.4, 0.5) is 0 Å². The van der Waals surface area contributed by atoms with Gasteiger partial charge in [0.05, 0.1) is 0 Å². The lowest BCUT2D eigenvalue weighted by Crippen LogP contribution is -1.92. The molecule has 1 aromatic heterocycles. The van der Waals surface area contributed by atoms with Crippen LogP contribution < -0.4 is 0 Å². The lowest BCUT2D eigenvalue weighted by molar-refractivity contribution is 0.979. The fraction of sp³-hybridized carbons (Fsp3) is 0.0526. The van der Waals surface area contributed by atoms with Crippen molar-refractivity contribution in [3.8, 4) is 11.3 Å². The van der Waals surface area contributed by atoms with Gasteiger partial charge in [-0.3, -0.25) is 0 Å². The standard InChI is InChI=1S/C19H14BrN/c1-21-17-11-3-2-6-14(17)12-18(21)15-9-4-7-13-8-5-10-16(20)19(13)15/h2-12H,1H3. The summed E-state index contributed by atoms with van der Waals surface area (Å²) < 4.78 is 3.41. The van der Waals surface area contributed by atoms with Crippen molar-refractivity contribution in [2.24, 2.45) is 7.05 Å². The highest BCUT2D eigenvalue weighted by atomic mass is 79.9. The van der Waals surface area contributed by atoms with Crippen molar-refractivity contribution in [2.45, 2.75) is 0 Å². The molecule has 0 amide bonds. The Morgan fingerprint density at radius 2 is 1.52 bits per heavy atom. The predicted octanol–water partition coefficient (Wildman–Crippen LogP) is 5.76. The van der Waals surface area contributed by atoms with Crippen LogP contribution >= 0.6 is 15.9 Å². The van der Waals surface area contributed by atoms with Crippen LogP contribution in [-0.4, -0.2) is 4.57 Å². The summed E-state index contributed by atoms with van der Waals surface area (Å²) in [5.41, 5.74) is 3.77. The molecule has 3 aromatic carbocycles. The van der Waals surface area contributed by atoms with Crippen molar-refractivity contribution >= 4 is 37.6 Å². The van der Waals surface area contributed by atoms with Gasteiger partial charge in [0.2, 0.25) is 0 Å². The number of fused-ring (bicyclic) bond motifs is 2. The quantitative estimate of drug-likeness (QED) is 0.416. The molecule has 0 aliphatic heterocycles. The van der Waals surface area contributed by atoms with Gasteiger partial charge >= 0.3 is 0 Å². The number of hydrogen-bond acceptors (Lipinski definition) is 0. The molecule has 0 saturated heterocycles. The van der Waals surface area contributed by atoms with E-state index in [9.17, 15) is 0 Å². The second-order valence-electron chi connectivity index (χ2n) is 5.29. The van der Waals surface area contributed by atoms with E-state index >= 15 is 0 Å². The highest BCUT2D eigenvalue weighted by molar-refractivity contribution is 9.10. The maximum atomic E-state index is 3.70. The van der Waals surface area contributed by atoms with E-state index in [2.05, 4.69) is 94.3 Å². The molecule has 4 rings (SSSR count). The Hall–Kier alpha value is -2.06. The molecule has 0 spiro atoms. The number of rotatable bonds is 1. The molecular formula is C19H14BrN. The first-order valence-corrected chi connectivity index (χ1v) is 7.77. The number of benzene rings is 3. The highest BCUT2D eigenvalue weighted by Crippen LogP contribution is 2.36. The average Bonchev–Trinajstić information content (AvgIpc) is 2.85. The summed E-state index contributed by atoms with van der Waals surface area (Å²) in [6.07, 6.45) is 0. The Kier molecular flexibility index (Phi) is 2.86. The van der Waals surface area contributed by atoms with Gasteiger partial charge in [0, 0.05) is 39.1 Å². The number of aromatic nitrogens is 1. The Balaban J connectivity index is 2.12. The van der Waals surface area contributed by atoms with E-state index in [0.29, 0.717) is 0 Å². The lowest BCUT2D eigenvalue weighted by atomic mass is 10.0. The van der Waals surface area contributed by atoms with E-state index in [1.165, 1.54) is 32.9 Å². The van der Waals surface area contributed by atoms with E-state index in [-0.39, 0.29) is 0 Å². The first-order valence-electron chi connectivity index (χ1n) is 6.98. The lowest BCUT2D eigenvalue weighted by Gasteiger charge is -2.10. The maximum Gasteiger partial charge on any atom is 0.0495 e. The minimum Gasteiger partial charge on any atom is -0.344 e. The Labute approximate surface area is 132 Å². The van der Waals surface area contributed by atoms with Crippen LogP contribution in [0.15, 0.2) is 71.2 Å². The second-order valence-corrected chi connectivity index (χ2v) is 6.15. The molecule has 102 valence electrons.